The van der Waals surface area contributed by atoms with E-state index in [1.54, 1.807) is 24.3 Å². The Morgan fingerprint density at radius 2 is 2.06 bits per heavy atom. The van der Waals surface area contributed by atoms with E-state index in [2.05, 4.69) is 25.7 Å². The number of aryl methyl sites for hydroxylation is 1. The summed E-state index contributed by atoms with van der Waals surface area (Å²) in [6.07, 6.45) is 0. The highest BCUT2D eigenvalue weighted by atomic mass is 32.2. The zero-order chi connectivity index (χ0) is 22.5. The number of nitrogens with one attached hydrogen (secondary N) is 1. The van der Waals surface area contributed by atoms with Crippen LogP contribution in [-0.4, -0.2) is 36.6 Å². The minimum absolute atomic E-state index is 0.132. The summed E-state index contributed by atoms with van der Waals surface area (Å²) in [5.74, 6) is 1.11. The molecule has 0 radical (unpaired) electrons. The van der Waals surface area contributed by atoms with Gasteiger partial charge in [-0.3, -0.25) is 9.36 Å². The van der Waals surface area contributed by atoms with E-state index < -0.39 is 0 Å². The Balaban J connectivity index is 1.46. The van der Waals surface area contributed by atoms with Crippen molar-refractivity contribution >= 4 is 23.4 Å². The maximum absolute atomic E-state index is 12.3. The van der Waals surface area contributed by atoms with E-state index >= 15 is 0 Å². The number of carbonyl (C=O) groups is 1. The molecular weight excluding hydrogens is 426 g/mol. The van der Waals surface area contributed by atoms with Crippen LogP contribution in [0.5, 0.6) is 0 Å². The fourth-order valence-electron chi connectivity index (χ4n) is 3.05. The molecule has 2 heterocycles. The highest BCUT2D eigenvalue weighted by Gasteiger charge is 2.20. The number of carbonyl (C=O) groups excluding carboxylic acids is 1. The summed E-state index contributed by atoms with van der Waals surface area (Å²) in [6, 6.07) is 16.6. The van der Waals surface area contributed by atoms with Crippen LogP contribution in [0.1, 0.15) is 18.1 Å². The van der Waals surface area contributed by atoms with Crippen molar-refractivity contribution in [2.75, 3.05) is 11.1 Å². The van der Waals surface area contributed by atoms with E-state index in [9.17, 15) is 4.79 Å². The number of hydrogen-bond acceptors (Lipinski definition) is 8. The summed E-state index contributed by atoms with van der Waals surface area (Å²) < 4.78 is 7.25. The molecule has 4 rings (SSSR count). The van der Waals surface area contributed by atoms with Gasteiger partial charge in [-0.05, 0) is 38.1 Å². The summed E-state index contributed by atoms with van der Waals surface area (Å²) in [4.78, 5) is 16.8. The fourth-order valence-corrected chi connectivity index (χ4v) is 3.85. The van der Waals surface area contributed by atoms with Gasteiger partial charge in [0.05, 0.1) is 17.4 Å². The Hall–Kier alpha value is -3.97. The second-order valence-corrected chi connectivity index (χ2v) is 7.82. The van der Waals surface area contributed by atoms with Gasteiger partial charge in [-0.1, -0.05) is 46.7 Å². The lowest BCUT2D eigenvalue weighted by atomic mass is 10.1. The first-order valence-electron chi connectivity index (χ1n) is 9.84. The van der Waals surface area contributed by atoms with Gasteiger partial charge in [0.2, 0.25) is 17.6 Å². The molecule has 0 aliphatic rings. The lowest BCUT2D eigenvalue weighted by Crippen LogP contribution is -2.14. The summed E-state index contributed by atoms with van der Waals surface area (Å²) >= 11 is 1.25. The predicted molar refractivity (Wildman–Crippen MR) is 120 cm³/mol. The van der Waals surface area contributed by atoms with Crippen LogP contribution in [0.4, 0.5) is 5.69 Å². The van der Waals surface area contributed by atoms with Gasteiger partial charge in [0.1, 0.15) is 0 Å². The van der Waals surface area contributed by atoms with E-state index in [1.807, 2.05) is 48.7 Å². The number of nitrogens with zero attached hydrogens (tertiary/aromatic N) is 6. The molecule has 4 aromatic rings. The van der Waals surface area contributed by atoms with Crippen molar-refractivity contribution < 1.29 is 9.32 Å². The van der Waals surface area contributed by atoms with Crippen LogP contribution in [0.2, 0.25) is 0 Å². The predicted octanol–water partition coefficient (Wildman–Crippen LogP) is 3.93. The standard InChI is InChI=1S/C22H19N7O2S/c1-3-29-20(21-25-19(28-31-21)16-8-4-6-14(2)10-16)26-27-22(29)32-13-18(30)24-17-9-5-7-15(11-17)12-23/h4-11H,3,13H2,1-2H3,(H,24,30). The first kappa shape index (κ1) is 21.3. The number of hydrogen-bond donors (Lipinski definition) is 1. The maximum Gasteiger partial charge on any atom is 0.296 e. The lowest BCUT2D eigenvalue weighted by Gasteiger charge is -2.06. The molecule has 0 atom stereocenters. The van der Waals surface area contributed by atoms with E-state index in [1.165, 1.54) is 11.8 Å². The number of aromatic nitrogens is 5. The first-order chi connectivity index (χ1) is 15.6. The van der Waals surface area contributed by atoms with Gasteiger partial charge < -0.3 is 9.84 Å². The number of nitriles is 1. The molecule has 160 valence electrons. The molecule has 0 aliphatic carbocycles. The number of rotatable bonds is 7. The van der Waals surface area contributed by atoms with Gasteiger partial charge in [-0.2, -0.15) is 10.2 Å². The average Bonchev–Trinajstić information content (AvgIpc) is 3.44. The molecule has 2 aromatic carbocycles. The highest BCUT2D eigenvalue weighted by molar-refractivity contribution is 7.99. The van der Waals surface area contributed by atoms with Crippen LogP contribution in [0.15, 0.2) is 58.2 Å². The van der Waals surface area contributed by atoms with Gasteiger partial charge in [-0.15, -0.1) is 10.2 Å². The molecule has 0 unspecified atom stereocenters. The number of benzene rings is 2. The van der Waals surface area contributed by atoms with Crippen molar-refractivity contribution in [2.45, 2.75) is 25.5 Å². The van der Waals surface area contributed by atoms with Crippen LogP contribution < -0.4 is 5.32 Å². The van der Waals surface area contributed by atoms with Crippen LogP contribution in [0, 0.1) is 18.3 Å². The summed E-state index contributed by atoms with van der Waals surface area (Å²) in [6.45, 7) is 4.51. The molecule has 0 saturated carbocycles. The van der Waals surface area contributed by atoms with Crippen LogP contribution in [0.25, 0.3) is 23.1 Å². The second-order valence-electron chi connectivity index (χ2n) is 6.87. The third-order valence-electron chi connectivity index (χ3n) is 4.53. The van der Waals surface area contributed by atoms with Crippen molar-refractivity contribution in [1.82, 2.24) is 24.9 Å². The molecule has 0 fully saturated rings. The van der Waals surface area contributed by atoms with Gasteiger partial charge in [0.25, 0.3) is 5.89 Å². The Labute approximate surface area is 188 Å². The van der Waals surface area contributed by atoms with E-state index in [0.29, 0.717) is 34.6 Å². The molecule has 10 heteroatoms. The minimum Gasteiger partial charge on any atom is -0.330 e. The number of amides is 1. The molecular formula is C22H19N7O2S. The molecule has 2 aromatic heterocycles. The summed E-state index contributed by atoms with van der Waals surface area (Å²) in [5, 5.41) is 24.8. The molecule has 0 saturated heterocycles. The van der Waals surface area contributed by atoms with E-state index in [4.69, 9.17) is 9.78 Å². The van der Waals surface area contributed by atoms with Crippen molar-refractivity contribution in [3.8, 4) is 29.2 Å². The van der Waals surface area contributed by atoms with Crippen molar-refractivity contribution in [3.63, 3.8) is 0 Å². The third-order valence-corrected chi connectivity index (χ3v) is 5.50. The molecule has 0 bridgehead atoms. The second kappa shape index (κ2) is 9.45. The normalized spacial score (nSPS) is 10.7. The fraction of sp³-hybridized carbons (Fsp3) is 0.182. The van der Waals surface area contributed by atoms with Crippen LogP contribution >= 0.6 is 11.8 Å². The molecule has 0 spiro atoms. The monoisotopic (exact) mass is 445 g/mol. The first-order valence-corrected chi connectivity index (χ1v) is 10.8. The zero-order valence-electron chi connectivity index (χ0n) is 17.4. The van der Waals surface area contributed by atoms with Crippen LogP contribution in [0.3, 0.4) is 0 Å². The Bertz CT molecular complexity index is 1310. The Kier molecular flexibility index (Phi) is 6.28. The van der Waals surface area contributed by atoms with Crippen molar-refractivity contribution in [1.29, 1.82) is 5.26 Å². The SMILES string of the molecule is CCn1c(SCC(=O)Nc2cccc(C#N)c2)nnc1-c1nc(-c2cccc(C)c2)no1. The molecule has 1 N–H and O–H groups in total. The Morgan fingerprint density at radius 3 is 2.84 bits per heavy atom. The Morgan fingerprint density at radius 1 is 1.22 bits per heavy atom. The van der Waals surface area contributed by atoms with Crippen LogP contribution in [-0.2, 0) is 11.3 Å². The summed E-state index contributed by atoms with van der Waals surface area (Å²) in [7, 11) is 0. The molecule has 32 heavy (non-hydrogen) atoms. The number of anilines is 1. The largest absolute Gasteiger partial charge is 0.330 e. The third kappa shape index (κ3) is 4.68. The van der Waals surface area contributed by atoms with E-state index in [-0.39, 0.29) is 17.6 Å². The topological polar surface area (TPSA) is 123 Å². The molecule has 9 nitrogen and oxygen atoms in total. The van der Waals surface area contributed by atoms with Gasteiger partial charge in [0.15, 0.2) is 5.16 Å². The molecule has 0 aliphatic heterocycles. The van der Waals surface area contributed by atoms with Gasteiger partial charge in [0, 0.05) is 17.8 Å². The van der Waals surface area contributed by atoms with Gasteiger partial charge in [-0.25, -0.2) is 0 Å². The maximum atomic E-state index is 12.3. The van der Waals surface area contributed by atoms with Crippen molar-refractivity contribution in [2.24, 2.45) is 0 Å². The van der Waals surface area contributed by atoms with Gasteiger partial charge >= 0.3 is 0 Å². The zero-order valence-corrected chi connectivity index (χ0v) is 18.3. The lowest BCUT2D eigenvalue weighted by molar-refractivity contribution is -0.113. The number of thioether (sulfide) groups is 1. The molecule has 1 amide bonds. The van der Waals surface area contributed by atoms with E-state index in [0.717, 1.165) is 11.1 Å². The summed E-state index contributed by atoms with van der Waals surface area (Å²) in [5.41, 5.74) is 3.01. The average molecular weight is 446 g/mol. The minimum atomic E-state index is -0.211. The van der Waals surface area contributed by atoms with Crippen molar-refractivity contribution in [3.05, 3.63) is 59.7 Å². The quantitative estimate of drug-likeness (QED) is 0.425. The highest BCUT2D eigenvalue weighted by Crippen LogP contribution is 2.25. The smallest absolute Gasteiger partial charge is 0.296 e.